The van der Waals surface area contributed by atoms with E-state index in [2.05, 4.69) is 46.7 Å². The third-order valence-electron chi connectivity index (χ3n) is 6.61. The standard InChI is InChI=1S/C26H31N5O2/c1-16(2)10-21-14-30(9-8-29(21)5)20-7-6-19-11-22(26(32)33-24(19)12-20)23-15-31-13-17(3)27-18(4)25(31)28-23/h6-7,11-13,15-16,21H,8-10,14H2,1-5H3. The van der Waals surface area contributed by atoms with Gasteiger partial charge in [-0.25, -0.2) is 9.78 Å². The fourth-order valence-corrected chi connectivity index (χ4v) is 4.89. The Balaban J connectivity index is 1.48. The number of likely N-dealkylation sites (N-methyl/N-ethyl adjacent to an activating group) is 1. The summed E-state index contributed by atoms with van der Waals surface area (Å²) in [6, 6.07) is 8.58. The molecule has 3 aromatic heterocycles. The van der Waals surface area contributed by atoms with Crippen molar-refractivity contribution in [2.45, 2.75) is 40.2 Å². The van der Waals surface area contributed by atoms with Crippen molar-refractivity contribution in [1.29, 1.82) is 0 Å². The van der Waals surface area contributed by atoms with Crippen LogP contribution in [0.1, 0.15) is 31.7 Å². The summed E-state index contributed by atoms with van der Waals surface area (Å²) in [7, 11) is 2.21. The summed E-state index contributed by atoms with van der Waals surface area (Å²) in [5.41, 5.74) is 4.88. The molecule has 1 saturated heterocycles. The summed E-state index contributed by atoms with van der Waals surface area (Å²) < 4.78 is 7.70. The van der Waals surface area contributed by atoms with Crippen molar-refractivity contribution in [2.24, 2.45) is 5.92 Å². The van der Waals surface area contributed by atoms with Crippen molar-refractivity contribution in [3.8, 4) is 11.3 Å². The number of anilines is 1. The van der Waals surface area contributed by atoms with Gasteiger partial charge in [-0.3, -0.25) is 9.88 Å². The molecular weight excluding hydrogens is 414 g/mol. The van der Waals surface area contributed by atoms with E-state index in [0.717, 1.165) is 47.7 Å². The zero-order chi connectivity index (χ0) is 23.3. The molecule has 0 saturated carbocycles. The largest absolute Gasteiger partial charge is 0.422 e. The van der Waals surface area contributed by atoms with Gasteiger partial charge in [0.1, 0.15) is 5.58 Å². The molecule has 1 atom stereocenters. The molecular formula is C26H31N5O2. The van der Waals surface area contributed by atoms with Gasteiger partial charge >= 0.3 is 5.63 Å². The van der Waals surface area contributed by atoms with Gasteiger partial charge < -0.3 is 13.7 Å². The molecule has 5 rings (SSSR count). The lowest BCUT2D eigenvalue weighted by Gasteiger charge is -2.41. The second-order valence-corrected chi connectivity index (χ2v) is 9.70. The van der Waals surface area contributed by atoms with Crippen molar-refractivity contribution in [2.75, 3.05) is 31.6 Å². The summed E-state index contributed by atoms with van der Waals surface area (Å²) >= 11 is 0. The van der Waals surface area contributed by atoms with Crippen LogP contribution in [0.3, 0.4) is 0 Å². The first-order valence-electron chi connectivity index (χ1n) is 11.6. The molecule has 0 spiro atoms. The van der Waals surface area contributed by atoms with Crippen molar-refractivity contribution < 1.29 is 4.42 Å². The quantitative estimate of drug-likeness (QED) is 0.437. The number of imidazole rings is 1. The van der Waals surface area contributed by atoms with Crippen LogP contribution in [0.15, 0.2) is 45.9 Å². The third kappa shape index (κ3) is 4.13. The Hall–Kier alpha value is -3.19. The lowest BCUT2D eigenvalue weighted by molar-refractivity contribution is 0.193. The van der Waals surface area contributed by atoms with Gasteiger partial charge in [-0.15, -0.1) is 0 Å². The summed E-state index contributed by atoms with van der Waals surface area (Å²) in [6.07, 6.45) is 4.95. The molecule has 33 heavy (non-hydrogen) atoms. The van der Waals surface area contributed by atoms with E-state index in [0.29, 0.717) is 28.8 Å². The molecule has 1 unspecified atom stereocenters. The highest BCUT2D eigenvalue weighted by Gasteiger charge is 2.25. The molecule has 1 fully saturated rings. The molecule has 7 heteroatoms. The molecule has 1 aliphatic heterocycles. The number of benzene rings is 1. The average molecular weight is 446 g/mol. The smallest absolute Gasteiger partial charge is 0.345 e. The van der Waals surface area contributed by atoms with E-state index in [9.17, 15) is 4.79 Å². The third-order valence-corrected chi connectivity index (χ3v) is 6.61. The van der Waals surface area contributed by atoms with Crippen LogP contribution in [-0.2, 0) is 0 Å². The Morgan fingerprint density at radius 3 is 2.73 bits per heavy atom. The van der Waals surface area contributed by atoms with Gasteiger partial charge in [0.2, 0.25) is 0 Å². The zero-order valence-electron chi connectivity index (χ0n) is 20.0. The Bertz CT molecular complexity index is 1390. The molecule has 7 nitrogen and oxygen atoms in total. The minimum Gasteiger partial charge on any atom is -0.422 e. The van der Waals surface area contributed by atoms with Crippen LogP contribution in [0.2, 0.25) is 0 Å². The fourth-order valence-electron chi connectivity index (χ4n) is 4.89. The van der Waals surface area contributed by atoms with E-state index >= 15 is 0 Å². The molecule has 0 amide bonds. The SMILES string of the molecule is Cc1cn2cc(-c3cc4ccc(N5CCN(C)C(CC(C)C)C5)cc4oc3=O)nc2c(C)n1. The van der Waals surface area contributed by atoms with Gasteiger partial charge in [0, 0.05) is 55.2 Å². The molecule has 0 aliphatic carbocycles. The van der Waals surface area contributed by atoms with Gasteiger partial charge in [0.05, 0.1) is 22.6 Å². The van der Waals surface area contributed by atoms with Crippen molar-refractivity contribution in [3.05, 3.63) is 58.5 Å². The molecule has 1 aliphatic rings. The lowest BCUT2D eigenvalue weighted by atomic mass is 10.00. The second-order valence-electron chi connectivity index (χ2n) is 9.70. The van der Waals surface area contributed by atoms with E-state index in [4.69, 9.17) is 4.42 Å². The van der Waals surface area contributed by atoms with Crippen LogP contribution in [0, 0.1) is 19.8 Å². The van der Waals surface area contributed by atoms with E-state index in [1.807, 2.05) is 48.8 Å². The van der Waals surface area contributed by atoms with E-state index in [1.165, 1.54) is 6.42 Å². The van der Waals surface area contributed by atoms with E-state index in [-0.39, 0.29) is 5.63 Å². The number of hydrogen-bond acceptors (Lipinski definition) is 6. The minimum atomic E-state index is -0.374. The molecule has 4 aromatic rings. The number of piperazine rings is 1. The topological polar surface area (TPSA) is 66.9 Å². The van der Waals surface area contributed by atoms with Gasteiger partial charge in [-0.1, -0.05) is 13.8 Å². The van der Waals surface area contributed by atoms with E-state index < -0.39 is 0 Å². The maximum atomic E-state index is 12.9. The Morgan fingerprint density at radius 2 is 1.94 bits per heavy atom. The average Bonchev–Trinajstić information content (AvgIpc) is 3.18. The highest BCUT2D eigenvalue weighted by molar-refractivity contribution is 5.84. The first-order valence-corrected chi connectivity index (χ1v) is 11.6. The maximum Gasteiger partial charge on any atom is 0.345 e. The number of aromatic nitrogens is 3. The van der Waals surface area contributed by atoms with Crippen LogP contribution in [0.5, 0.6) is 0 Å². The number of nitrogens with zero attached hydrogens (tertiary/aromatic N) is 5. The monoisotopic (exact) mass is 445 g/mol. The zero-order valence-corrected chi connectivity index (χ0v) is 20.0. The summed E-state index contributed by atoms with van der Waals surface area (Å²) in [6.45, 7) is 11.4. The molecule has 0 radical (unpaired) electrons. The highest BCUT2D eigenvalue weighted by atomic mass is 16.4. The molecule has 1 aromatic carbocycles. The van der Waals surface area contributed by atoms with Gasteiger partial charge in [-0.05, 0) is 51.4 Å². The van der Waals surface area contributed by atoms with Crippen LogP contribution >= 0.6 is 0 Å². The van der Waals surface area contributed by atoms with Crippen LogP contribution in [0.4, 0.5) is 5.69 Å². The normalized spacial score (nSPS) is 17.5. The first kappa shape index (κ1) is 21.6. The Morgan fingerprint density at radius 1 is 1.12 bits per heavy atom. The predicted molar refractivity (Wildman–Crippen MR) is 132 cm³/mol. The molecule has 0 N–H and O–H groups in total. The van der Waals surface area contributed by atoms with Gasteiger partial charge in [0.15, 0.2) is 5.65 Å². The highest BCUT2D eigenvalue weighted by Crippen LogP contribution is 2.27. The number of fused-ring (bicyclic) bond motifs is 2. The number of hydrogen-bond donors (Lipinski definition) is 0. The maximum absolute atomic E-state index is 12.9. The van der Waals surface area contributed by atoms with Crippen LogP contribution in [0.25, 0.3) is 27.9 Å². The Labute approximate surface area is 193 Å². The van der Waals surface area contributed by atoms with Gasteiger partial charge in [0.25, 0.3) is 0 Å². The summed E-state index contributed by atoms with van der Waals surface area (Å²) in [5.74, 6) is 0.661. The van der Waals surface area contributed by atoms with Crippen molar-refractivity contribution in [3.63, 3.8) is 0 Å². The Kier molecular flexibility index (Phi) is 5.44. The molecule has 0 bridgehead atoms. The second kappa shape index (κ2) is 8.30. The van der Waals surface area contributed by atoms with Gasteiger partial charge in [-0.2, -0.15) is 0 Å². The van der Waals surface area contributed by atoms with E-state index in [1.54, 1.807) is 0 Å². The number of rotatable bonds is 4. The van der Waals surface area contributed by atoms with Crippen molar-refractivity contribution >= 4 is 22.3 Å². The predicted octanol–water partition coefficient (Wildman–Crippen LogP) is 4.29. The minimum absolute atomic E-state index is 0.374. The summed E-state index contributed by atoms with van der Waals surface area (Å²) in [4.78, 5) is 26.9. The lowest BCUT2D eigenvalue weighted by Crippen LogP contribution is -2.51. The molecule has 172 valence electrons. The summed E-state index contributed by atoms with van der Waals surface area (Å²) in [5, 5.41) is 0.893. The molecule has 4 heterocycles. The van der Waals surface area contributed by atoms with Crippen LogP contribution in [-0.4, -0.2) is 52.0 Å². The first-order chi connectivity index (χ1) is 15.8. The van der Waals surface area contributed by atoms with Crippen LogP contribution < -0.4 is 10.5 Å². The van der Waals surface area contributed by atoms with Crippen molar-refractivity contribution in [1.82, 2.24) is 19.3 Å². The number of aryl methyl sites for hydroxylation is 2. The fraction of sp³-hybridized carbons (Fsp3) is 0.423.